The zero-order valence-corrected chi connectivity index (χ0v) is 13.0. The standard InChI is InChI=1S/C16H16N4O4/c1-20-15(22)10(9-18-16(20)23)8-13(21)17-7-6-14-19-11-4-2-3-5-12(11)24-14/h2-5,9H,6-8H2,1H3,(H,17,21)(H,18,23). The predicted molar refractivity (Wildman–Crippen MR) is 86.7 cm³/mol. The van der Waals surface area contributed by atoms with Crippen molar-refractivity contribution in [2.75, 3.05) is 6.54 Å². The lowest BCUT2D eigenvalue weighted by Gasteiger charge is -2.04. The van der Waals surface area contributed by atoms with Crippen LogP contribution in [0.3, 0.4) is 0 Å². The fourth-order valence-corrected chi connectivity index (χ4v) is 2.31. The van der Waals surface area contributed by atoms with E-state index in [2.05, 4.69) is 15.3 Å². The molecule has 2 heterocycles. The molecule has 3 rings (SSSR count). The van der Waals surface area contributed by atoms with Crippen LogP contribution in [-0.4, -0.2) is 27.0 Å². The zero-order valence-electron chi connectivity index (χ0n) is 13.0. The Kier molecular flexibility index (Phi) is 4.28. The number of nitrogens with zero attached hydrogens (tertiary/aromatic N) is 2. The van der Waals surface area contributed by atoms with E-state index in [4.69, 9.17) is 4.42 Å². The maximum Gasteiger partial charge on any atom is 0.328 e. The number of hydrogen-bond donors (Lipinski definition) is 2. The number of H-pyrrole nitrogens is 1. The SMILES string of the molecule is Cn1c(=O)[nH]cc(CC(=O)NCCc2nc3ccccc3o2)c1=O. The summed E-state index contributed by atoms with van der Waals surface area (Å²) in [5.41, 5.74) is 0.718. The molecule has 0 atom stereocenters. The third-order valence-corrected chi connectivity index (χ3v) is 3.60. The Morgan fingerprint density at radius 1 is 1.33 bits per heavy atom. The molecule has 8 nitrogen and oxygen atoms in total. The van der Waals surface area contributed by atoms with E-state index in [1.807, 2.05) is 24.3 Å². The summed E-state index contributed by atoms with van der Waals surface area (Å²) < 4.78 is 6.49. The topological polar surface area (TPSA) is 110 Å². The van der Waals surface area contributed by atoms with Crippen molar-refractivity contribution in [2.24, 2.45) is 7.05 Å². The molecule has 0 fully saturated rings. The summed E-state index contributed by atoms with van der Waals surface area (Å²) in [5, 5.41) is 2.71. The number of carbonyl (C=O) groups excluding carboxylic acids is 1. The fraction of sp³-hybridized carbons (Fsp3) is 0.250. The van der Waals surface area contributed by atoms with Crippen molar-refractivity contribution in [3.8, 4) is 0 Å². The van der Waals surface area contributed by atoms with Gasteiger partial charge in [-0.3, -0.25) is 14.2 Å². The van der Waals surface area contributed by atoms with E-state index >= 15 is 0 Å². The molecular formula is C16H16N4O4. The molecule has 2 N–H and O–H groups in total. The van der Waals surface area contributed by atoms with E-state index in [9.17, 15) is 14.4 Å². The van der Waals surface area contributed by atoms with E-state index in [-0.39, 0.29) is 17.9 Å². The summed E-state index contributed by atoms with van der Waals surface area (Å²) in [6.07, 6.45) is 1.62. The summed E-state index contributed by atoms with van der Waals surface area (Å²) in [6, 6.07) is 7.42. The van der Waals surface area contributed by atoms with Crippen LogP contribution >= 0.6 is 0 Å². The Labute approximate surface area is 136 Å². The van der Waals surface area contributed by atoms with Gasteiger partial charge in [0, 0.05) is 31.8 Å². The molecule has 124 valence electrons. The van der Waals surface area contributed by atoms with E-state index < -0.39 is 11.2 Å². The average molecular weight is 328 g/mol. The van der Waals surface area contributed by atoms with Gasteiger partial charge in [0.15, 0.2) is 11.5 Å². The Morgan fingerprint density at radius 3 is 2.92 bits per heavy atom. The summed E-state index contributed by atoms with van der Waals surface area (Å²) in [6.45, 7) is 0.343. The molecule has 1 aromatic carbocycles. The van der Waals surface area contributed by atoms with Gasteiger partial charge >= 0.3 is 5.69 Å². The first-order valence-electron chi connectivity index (χ1n) is 7.43. The molecule has 0 spiro atoms. The van der Waals surface area contributed by atoms with Gasteiger partial charge in [-0.15, -0.1) is 0 Å². The molecule has 0 aliphatic heterocycles. The first kappa shape index (κ1) is 15.7. The molecule has 0 aliphatic rings. The van der Waals surface area contributed by atoms with Crippen LogP contribution in [0.5, 0.6) is 0 Å². The minimum absolute atomic E-state index is 0.100. The molecule has 0 radical (unpaired) electrons. The number of hydrogen-bond acceptors (Lipinski definition) is 5. The first-order valence-corrected chi connectivity index (χ1v) is 7.43. The molecule has 0 aliphatic carbocycles. The maximum absolute atomic E-state index is 11.9. The number of fused-ring (bicyclic) bond motifs is 1. The smallest absolute Gasteiger partial charge is 0.328 e. The highest BCUT2D eigenvalue weighted by molar-refractivity contribution is 5.78. The quantitative estimate of drug-likeness (QED) is 0.691. The normalized spacial score (nSPS) is 10.9. The predicted octanol–water partition coefficient (Wildman–Crippen LogP) is 0.116. The number of oxazole rings is 1. The fourth-order valence-electron chi connectivity index (χ4n) is 2.31. The summed E-state index contributed by atoms with van der Waals surface area (Å²) in [7, 11) is 1.36. The molecule has 1 amide bonds. The molecule has 8 heteroatoms. The van der Waals surface area contributed by atoms with Crippen LogP contribution in [0.15, 0.2) is 44.5 Å². The second-order valence-electron chi connectivity index (χ2n) is 5.34. The van der Waals surface area contributed by atoms with Crippen LogP contribution in [0.2, 0.25) is 0 Å². The van der Waals surface area contributed by atoms with E-state index in [0.717, 1.165) is 10.1 Å². The van der Waals surface area contributed by atoms with Gasteiger partial charge in [0.2, 0.25) is 5.91 Å². The molecule has 24 heavy (non-hydrogen) atoms. The van der Waals surface area contributed by atoms with Gasteiger partial charge in [-0.05, 0) is 12.1 Å². The second kappa shape index (κ2) is 6.53. The minimum Gasteiger partial charge on any atom is -0.441 e. The lowest BCUT2D eigenvalue weighted by atomic mass is 10.2. The zero-order chi connectivity index (χ0) is 17.1. The van der Waals surface area contributed by atoms with Crippen molar-refractivity contribution in [3.05, 3.63) is 62.8 Å². The molecule has 0 bridgehead atoms. The highest BCUT2D eigenvalue weighted by atomic mass is 16.3. The van der Waals surface area contributed by atoms with Crippen LogP contribution in [0, 0.1) is 0 Å². The number of carbonyl (C=O) groups is 1. The number of benzene rings is 1. The van der Waals surface area contributed by atoms with Crippen molar-refractivity contribution in [2.45, 2.75) is 12.8 Å². The Balaban J connectivity index is 1.57. The third-order valence-electron chi connectivity index (χ3n) is 3.60. The molecule has 0 saturated heterocycles. The van der Waals surface area contributed by atoms with Gasteiger partial charge in [-0.1, -0.05) is 12.1 Å². The van der Waals surface area contributed by atoms with Crippen LogP contribution in [-0.2, 0) is 24.7 Å². The first-order chi connectivity index (χ1) is 11.5. The van der Waals surface area contributed by atoms with Crippen molar-refractivity contribution >= 4 is 17.0 Å². The molecule has 0 unspecified atom stereocenters. The summed E-state index contributed by atoms with van der Waals surface area (Å²) >= 11 is 0. The Bertz CT molecular complexity index is 966. The van der Waals surface area contributed by atoms with Gasteiger partial charge in [-0.25, -0.2) is 9.78 Å². The van der Waals surface area contributed by atoms with E-state index in [0.29, 0.717) is 24.4 Å². The number of amides is 1. The number of nitrogens with one attached hydrogen (secondary N) is 2. The van der Waals surface area contributed by atoms with E-state index in [1.54, 1.807) is 0 Å². The van der Waals surface area contributed by atoms with Gasteiger partial charge in [0.1, 0.15) is 5.52 Å². The van der Waals surface area contributed by atoms with Crippen LogP contribution in [0.1, 0.15) is 11.5 Å². The van der Waals surface area contributed by atoms with Gasteiger partial charge in [0.25, 0.3) is 5.56 Å². The van der Waals surface area contributed by atoms with Gasteiger partial charge in [-0.2, -0.15) is 0 Å². The lowest BCUT2D eigenvalue weighted by Crippen LogP contribution is -2.36. The summed E-state index contributed by atoms with van der Waals surface area (Å²) in [5.74, 6) is 0.228. The summed E-state index contributed by atoms with van der Waals surface area (Å²) in [4.78, 5) is 41.8. The average Bonchev–Trinajstić information content (AvgIpc) is 2.98. The third kappa shape index (κ3) is 3.27. The Morgan fingerprint density at radius 2 is 2.12 bits per heavy atom. The number of aromatic amines is 1. The van der Waals surface area contributed by atoms with Crippen molar-refractivity contribution in [3.63, 3.8) is 0 Å². The minimum atomic E-state index is -0.514. The number of aromatic nitrogens is 3. The highest BCUT2D eigenvalue weighted by Gasteiger charge is 2.10. The molecule has 0 saturated carbocycles. The monoisotopic (exact) mass is 328 g/mol. The maximum atomic E-state index is 11.9. The van der Waals surface area contributed by atoms with Crippen LogP contribution < -0.4 is 16.6 Å². The van der Waals surface area contributed by atoms with Gasteiger partial charge < -0.3 is 14.7 Å². The molecule has 2 aromatic heterocycles. The van der Waals surface area contributed by atoms with Crippen molar-refractivity contribution < 1.29 is 9.21 Å². The molecular weight excluding hydrogens is 312 g/mol. The van der Waals surface area contributed by atoms with Crippen molar-refractivity contribution in [1.29, 1.82) is 0 Å². The van der Waals surface area contributed by atoms with Gasteiger partial charge in [0.05, 0.1) is 6.42 Å². The Hall–Kier alpha value is -3.16. The van der Waals surface area contributed by atoms with Crippen LogP contribution in [0.25, 0.3) is 11.1 Å². The second-order valence-corrected chi connectivity index (χ2v) is 5.34. The number of para-hydroxylation sites is 2. The number of rotatable bonds is 5. The highest BCUT2D eigenvalue weighted by Crippen LogP contribution is 2.14. The largest absolute Gasteiger partial charge is 0.441 e. The lowest BCUT2D eigenvalue weighted by molar-refractivity contribution is -0.120. The van der Waals surface area contributed by atoms with Crippen LogP contribution in [0.4, 0.5) is 0 Å². The van der Waals surface area contributed by atoms with Crippen molar-refractivity contribution in [1.82, 2.24) is 19.9 Å². The van der Waals surface area contributed by atoms with E-state index in [1.165, 1.54) is 13.2 Å². The molecule has 3 aromatic rings.